The van der Waals surface area contributed by atoms with E-state index < -0.39 is 28.9 Å². The van der Waals surface area contributed by atoms with Gasteiger partial charge in [-0.2, -0.15) is 0 Å². The quantitative estimate of drug-likeness (QED) is 0.0585. The van der Waals surface area contributed by atoms with Crippen molar-refractivity contribution in [2.24, 2.45) is 63.6 Å². The van der Waals surface area contributed by atoms with Gasteiger partial charge in [-0.25, -0.2) is 4.79 Å². The van der Waals surface area contributed by atoms with Crippen molar-refractivity contribution in [3.8, 4) is 0 Å². The first-order valence-corrected chi connectivity index (χ1v) is 20.3. The van der Waals surface area contributed by atoms with Crippen molar-refractivity contribution in [1.29, 1.82) is 0 Å². The van der Waals surface area contributed by atoms with Gasteiger partial charge in [0.2, 0.25) is 0 Å². The summed E-state index contributed by atoms with van der Waals surface area (Å²) in [6.45, 7) is 21.8. The van der Waals surface area contributed by atoms with Crippen LogP contribution in [-0.4, -0.2) is 73.7 Å². The molecule has 10 heteroatoms. The lowest BCUT2D eigenvalue weighted by Gasteiger charge is -2.40. The molecule has 10 nitrogen and oxygen atoms in total. The molecule has 5 aliphatic carbocycles. The van der Waals surface area contributed by atoms with Crippen LogP contribution < -0.4 is 0 Å². The number of carboxylic acid groups (broad SMARTS) is 1. The lowest BCUT2D eigenvalue weighted by Crippen LogP contribution is -2.35. The Kier molecular flexibility index (Phi) is 18.0. The second-order valence-electron chi connectivity index (χ2n) is 18.1. The monoisotopic (exact) mass is 751 g/mol. The molecule has 306 valence electrons. The smallest absolute Gasteiger partial charge is 0.333 e. The maximum atomic E-state index is 11.6. The molecule has 5 saturated carbocycles. The van der Waals surface area contributed by atoms with Gasteiger partial charge in [-0.1, -0.05) is 33.8 Å². The van der Waals surface area contributed by atoms with Crippen molar-refractivity contribution < 1.29 is 48.3 Å². The van der Waals surface area contributed by atoms with Crippen molar-refractivity contribution in [2.45, 2.75) is 140 Å². The molecule has 53 heavy (non-hydrogen) atoms. The van der Waals surface area contributed by atoms with Gasteiger partial charge in [0.1, 0.15) is 25.9 Å². The average molecular weight is 751 g/mol. The van der Waals surface area contributed by atoms with Crippen LogP contribution in [0.5, 0.6) is 0 Å². The van der Waals surface area contributed by atoms with Crippen LogP contribution in [0.25, 0.3) is 0 Å². The van der Waals surface area contributed by atoms with Crippen molar-refractivity contribution >= 4 is 23.9 Å². The molecule has 5 rings (SSSR count). The highest BCUT2D eigenvalue weighted by Crippen LogP contribution is 2.72. The molecule has 2 N–H and O–H groups in total. The van der Waals surface area contributed by atoms with Gasteiger partial charge in [0, 0.05) is 12.7 Å². The van der Waals surface area contributed by atoms with E-state index in [1.807, 2.05) is 34.6 Å². The van der Waals surface area contributed by atoms with Gasteiger partial charge in [-0.3, -0.25) is 14.4 Å². The summed E-state index contributed by atoms with van der Waals surface area (Å²) in [5.41, 5.74) is -1.23. The maximum absolute atomic E-state index is 11.6. The average Bonchev–Trinajstić information content (AvgIpc) is 3.96. The fourth-order valence-corrected chi connectivity index (χ4v) is 8.84. The second kappa shape index (κ2) is 20.5. The van der Waals surface area contributed by atoms with Gasteiger partial charge in [-0.15, -0.1) is 0 Å². The summed E-state index contributed by atoms with van der Waals surface area (Å²) in [5.74, 6) is 7.96. The normalized spacial score (nSPS) is 28.1. The topological polar surface area (TPSA) is 146 Å². The lowest BCUT2D eigenvalue weighted by molar-refractivity contribution is -0.159. The number of hydrogen-bond acceptors (Lipinski definition) is 9. The molecular formula is C43H74O10. The first-order chi connectivity index (χ1) is 24.7. The Hall–Kier alpha value is -2.46. The van der Waals surface area contributed by atoms with E-state index in [4.69, 9.17) is 24.1 Å². The van der Waals surface area contributed by atoms with Crippen molar-refractivity contribution in [2.75, 3.05) is 33.5 Å². The lowest BCUT2D eigenvalue weighted by atomic mass is 9.64. The molecule has 0 aromatic rings. The number of carbonyl (C=O) groups excluding carboxylic acids is 3. The zero-order chi connectivity index (χ0) is 40.3. The third-order valence-corrected chi connectivity index (χ3v) is 13.3. The van der Waals surface area contributed by atoms with Crippen LogP contribution in [0, 0.1) is 63.6 Å². The number of fused-ring (bicyclic) bond motifs is 12. The second-order valence-corrected chi connectivity index (χ2v) is 18.1. The van der Waals surface area contributed by atoms with Gasteiger partial charge >= 0.3 is 23.9 Å². The Bertz CT molecular complexity index is 1190. The highest BCUT2D eigenvalue weighted by Gasteiger charge is 2.65. The number of methoxy groups -OCH3 is 1. The largest absolute Gasteiger partial charge is 0.481 e. The third kappa shape index (κ3) is 12.5. The highest BCUT2D eigenvalue weighted by atomic mass is 16.6. The third-order valence-electron chi connectivity index (χ3n) is 13.3. The van der Waals surface area contributed by atoms with E-state index in [1.54, 1.807) is 79.8 Å². The Morgan fingerprint density at radius 2 is 1.13 bits per heavy atom. The maximum Gasteiger partial charge on any atom is 0.333 e. The molecule has 5 aliphatic rings. The van der Waals surface area contributed by atoms with Crippen molar-refractivity contribution in [1.82, 2.24) is 0 Å². The molecule has 4 bridgehead atoms. The number of rotatable bonds is 14. The number of aliphatic carboxylic acids is 1. The number of carboxylic acids is 1. The molecule has 0 aliphatic heterocycles. The molecular weight excluding hydrogens is 676 g/mol. The number of aliphatic hydroxyl groups excluding tert-OH is 1. The minimum Gasteiger partial charge on any atom is -0.481 e. The minimum absolute atomic E-state index is 0.151. The van der Waals surface area contributed by atoms with Crippen LogP contribution in [0.3, 0.4) is 0 Å². The zero-order valence-electron chi connectivity index (χ0n) is 35.0. The van der Waals surface area contributed by atoms with Crippen LogP contribution >= 0.6 is 0 Å². The summed E-state index contributed by atoms with van der Waals surface area (Å²) in [6.07, 6.45) is 12.5. The summed E-state index contributed by atoms with van der Waals surface area (Å²) in [4.78, 5) is 44.2. The molecule has 0 amide bonds. The summed E-state index contributed by atoms with van der Waals surface area (Å²) < 4.78 is 19.4. The van der Waals surface area contributed by atoms with E-state index in [2.05, 4.69) is 6.58 Å². The van der Waals surface area contributed by atoms with Crippen molar-refractivity contribution in [3.63, 3.8) is 0 Å². The Morgan fingerprint density at radius 1 is 0.679 bits per heavy atom. The fraction of sp³-hybridized carbons (Fsp3) is 0.860. The summed E-state index contributed by atoms with van der Waals surface area (Å²) >= 11 is 0. The first-order valence-electron chi connectivity index (χ1n) is 20.3. The fourth-order valence-electron chi connectivity index (χ4n) is 8.84. The van der Waals surface area contributed by atoms with Crippen molar-refractivity contribution in [3.05, 3.63) is 12.2 Å². The van der Waals surface area contributed by atoms with E-state index in [-0.39, 0.29) is 36.1 Å². The minimum atomic E-state index is -1.02. The van der Waals surface area contributed by atoms with E-state index in [1.165, 1.54) is 54.3 Å². The molecule has 0 aromatic carbocycles. The van der Waals surface area contributed by atoms with E-state index in [9.17, 15) is 24.3 Å². The molecule has 0 spiro atoms. The summed E-state index contributed by atoms with van der Waals surface area (Å²) in [5, 5.41) is 17.9. The standard InChI is InChI=1S/C15H22.C13H22O5.C9H18O3.C6H12O2/c1-2-10-11(3-1)13-7-12(10)14-8-4-5-9(6-8)15(13)14;1-6-13(4,5)12(16)18-8-10(14)7-17-11(15)9(2)3;1-5-9(2,3)8(10)12-7-6-11-4;1-4-6(2,3)5(7)8/h8-15H,1-7H2;10,14H,2,6-8H2,1,3-5H3;5-7H2,1-4H3;4H2,1-3H3,(H,7,8). The van der Waals surface area contributed by atoms with Gasteiger partial charge < -0.3 is 29.2 Å². The number of esters is 3. The van der Waals surface area contributed by atoms with Crippen LogP contribution in [0.15, 0.2) is 12.2 Å². The predicted molar refractivity (Wildman–Crippen MR) is 206 cm³/mol. The van der Waals surface area contributed by atoms with Gasteiger partial charge in [-0.05, 0) is 154 Å². The van der Waals surface area contributed by atoms with Crippen LogP contribution in [0.4, 0.5) is 0 Å². The first kappa shape index (κ1) is 46.7. The van der Waals surface area contributed by atoms with Crippen LogP contribution in [-0.2, 0) is 38.1 Å². The molecule has 9 unspecified atom stereocenters. The Labute approximate surface area is 320 Å². The number of hydrogen-bond donors (Lipinski definition) is 2. The Balaban J connectivity index is 0.000000254. The molecule has 0 heterocycles. The summed E-state index contributed by atoms with van der Waals surface area (Å²) in [6, 6.07) is 0. The van der Waals surface area contributed by atoms with E-state index >= 15 is 0 Å². The van der Waals surface area contributed by atoms with Gasteiger partial charge in [0.15, 0.2) is 0 Å². The van der Waals surface area contributed by atoms with Crippen LogP contribution in [0.2, 0.25) is 0 Å². The Morgan fingerprint density at radius 3 is 1.53 bits per heavy atom. The molecule has 0 saturated heterocycles. The molecule has 9 atom stereocenters. The molecule has 0 radical (unpaired) electrons. The summed E-state index contributed by atoms with van der Waals surface area (Å²) in [7, 11) is 1.58. The molecule has 0 aromatic heterocycles. The predicted octanol–water partition coefficient (Wildman–Crippen LogP) is 8.28. The molecule has 5 fully saturated rings. The van der Waals surface area contributed by atoms with Crippen LogP contribution in [0.1, 0.15) is 133 Å². The number of aliphatic hydroxyl groups is 1. The SMILES string of the molecule is C1CC2C(C1)C1CC2C2C3CCC(C3)C12.C=C(C)C(=O)OCC(O)COC(=O)C(C)(C)CC.CCC(C)(C)C(=O)O.CCC(C)(C)C(=O)OCCOC. The van der Waals surface area contributed by atoms with Gasteiger partial charge in [0.25, 0.3) is 0 Å². The zero-order valence-corrected chi connectivity index (χ0v) is 35.0. The van der Waals surface area contributed by atoms with Gasteiger partial charge in [0.05, 0.1) is 22.9 Å². The number of carbonyl (C=O) groups is 4. The van der Waals surface area contributed by atoms with E-state index in [0.29, 0.717) is 26.1 Å². The number of ether oxygens (including phenoxy) is 4. The van der Waals surface area contributed by atoms with E-state index in [0.717, 1.165) is 6.42 Å². The highest BCUT2D eigenvalue weighted by molar-refractivity contribution is 5.86.